The number of nitrogens with zero attached hydrogens (tertiary/aromatic N) is 3. The summed E-state index contributed by atoms with van der Waals surface area (Å²) in [6.45, 7) is 5.03. The smallest absolute Gasteiger partial charge is 0.290 e. The lowest BCUT2D eigenvalue weighted by Gasteiger charge is -2.33. The average molecular weight is 335 g/mol. The number of hydrogen-bond donors (Lipinski definition) is 0. The number of rotatable bonds is 5. The van der Waals surface area contributed by atoms with Crippen LogP contribution in [0.25, 0.3) is 0 Å². The normalized spacial score (nSPS) is 22.5. The van der Waals surface area contributed by atoms with Crippen molar-refractivity contribution < 1.29 is 14.4 Å². The quantitative estimate of drug-likeness (QED) is 0.608. The molecule has 0 aromatic carbocycles. The van der Waals surface area contributed by atoms with Crippen molar-refractivity contribution >= 4 is 11.5 Å². The maximum atomic E-state index is 10.9. The molecule has 2 aliphatic heterocycles. The van der Waals surface area contributed by atoms with Crippen LogP contribution in [-0.4, -0.2) is 48.4 Å². The van der Waals surface area contributed by atoms with E-state index in [1.165, 1.54) is 12.6 Å². The van der Waals surface area contributed by atoms with Gasteiger partial charge >= 0.3 is 0 Å². The predicted molar refractivity (Wildman–Crippen MR) is 90.4 cm³/mol. The highest BCUT2D eigenvalue weighted by Crippen LogP contribution is 2.25. The molecule has 1 aromatic rings. The Morgan fingerprint density at radius 1 is 1.38 bits per heavy atom. The number of anilines is 1. The molecule has 0 bridgehead atoms. The van der Waals surface area contributed by atoms with Crippen LogP contribution in [0.1, 0.15) is 37.7 Å². The van der Waals surface area contributed by atoms with Crippen LogP contribution < -0.4 is 4.90 Å². The third-order valence-electron chi connectivity index (χ3n) is 4.82. The van der Waals surface area contributed by atoms with Crippen LogP contribution in [0.15, 0.2) is 12.3 Å². The molecule has 1 aromatic heterocycles. The number of hydrogen-bond acceptors (Lipinski definition) is 6. The van der Waals surface area contributed by atoms with E-state index in [1.807, 2.05) is 0 Å². The van der Waals surface area contributed by atoms with E-state index in [9.17, 15) is 10.1 Å². The SMILES string of the molecule is Cc1cc(N2CCC(OCC3CCCCO3)CC2)ncc1[N+](=O)[O-]. The molecular formula is C17H25N3O4. The maximum Gasteiger partial charge on any atom is 0.290 e. The van der Waals surface area contributed by atoms with E-state index in [4.69, 9.17) is 9.47 Å². The summed E-state index contributed by atoms with van der Waals surface area (Å²) >= 11 is 0. The number of aromatic nitrogens is 1. The fourth-order valence-electron chi connectivity index (χ4n) is 3.33. The molecule has 1 atom stereocenters. The Balaban J connectivity index is 1.48. The maximum absolute atomic E-state index is 10.9. The summed E-state index contributed by atoms with van der Waals surface area (Å²) < 4.78 is 11.7. The summed E-state index contributed by atoms with van der Waals surface area (Å²) in [5.74, 6) is 0.812. The van der Waals surface area contributed by atoms with Crippen LogP contribution in [0, 0.1) is 17.0 Å². The molecule has 2 saturated heterocycles. The van der Waals surface area contributed by atoms with Gasteiger partial charge in [-0.15, -0.1) is 0 Å². The Morgan fingerprint density at radius 3 is 2.79 bits per heavy atom. The highest BCUT2D eigenvalue weighted by Gasteiger charge is 2.23. The van der Waals surface area contributed by atoms with Gasteiger partial charge in [-0.2, -0.15) is 0 Å². The van der Waals surface area contributed by atoms with E-state index >= 15 is 0 Å². The molecule has 1 unspecified atom stereocenters. The first-order valence-electron chi connectivity index (χ1n) is 8.72. The fraction of sp³-hybridized carbons (Fsp3) is 0.706. The van der Waals surface area contributed by atoms with Crippen molar-refractivity contribution in [3.05, 3.63) is 27.9 Å². The number of pyridine rings is 1. The molecule has 2 fully saturated rings. The second kappa shape index (κ2) is 7.90. The molecular weight excluding hydrogens is 310 g/mol. The third-order valence-corrected chi connectivity index (χ3v) is 4.82. The second-order valence-corrected chi connectivity index (χ2v) is 6.59. The Labute approximate surface area is 142 Å². The first kappa shape index (κ1) is 17.1. The van der Waals surface area contributed by atoms with Gasteiger partial charge in [-0.25, -0.2) is 4.98 Å². The summed E-state index contributed by atoms with van der Waals surface area (Å²) in [5.41, 5.74) is 0.724. The highest BCUT2D eigenvalue weighted by atomic mass is 16.6. The van der Waals surface area contributed by atoms with Crippen LogP contribution in [0.5, 0.6) is 0 Å². The van der Waals surface area contributed by atoms with Crippen molar-refractivity contribution in [2.45, 2.75) is 51.2 Å². The van der Waals surface area contributed by atoms with E-state index < -0.39 is 0 Å². The zero-order valence-corrected chi connectivity index (χ0v) is 14.1. The minimum absolute atomic E-state index is 0.0736. The Kier molecular flexibility index (Phi) is 5.63. The topological polar surface area (TPSA) is 77.7 Å². The Hall–Kier alpha value is -1.73. The van der Waals surface area contributed by atoms with Crippen LogP contribution in [0.4, 0.5) is 11.5 Å². The van der Waals surface area contributed by atoms with Gasteiger partial charge in [0.05, 0.1) is 23.7 Å². The molecule has 0 aliphatic carbocycles. The van der Waals surface area contributed by atoms with Gasteiger partial charge < -0.3 is 14.4 Å². The lowest BCUT2D eigenvalue weighted by Crippen LogP contribution is -2.38. The van der Waals surface area contributed by atoms with Crippen molar-refractivity contribution in [3.63, 3.8) is 0 Å². The van der Waals surface area contributed by atoms with Crippen LogP contribution >= 0.6 is 0 Å². The molecule has 0 spiro atoms. The number of nitro groups is 1. The number of piperidine rings is 1. The van der Waals surface area contributed by atoms with E-state index in [2.05, 4.69) is 9.88 Å². The minimum atomic E-state index is -0.389. The van der Waals surface area contributed by atoms with Gasteiger partial charge in [0.15, 0.2) is 0 Å². The zero-order chi connectivity index (χ0) is 16.9. The lowest BCUT2D eigenvalue weighted by atomic mass is 10.1. The number of aryl methyl sites for hydroxylation is 1. The van der Waals surface area contributed by atoms with E-state index in [0.29, 0.717) is 12.2 Å². The van der Waals surface area contributed by atoms with E-state index in [-0.39, 0.29) is 22.8 Å². The molecule has 24 heavy (non-hydrogen) atoms. The summed E-state index contributed by atoms with van der Waals surface area (Å²) in [5, 5.41) is 10.9. The predicted octanol–water partition coefficient (Wildman–Crippen LogP) is 2.85. The molecule has 2 aliphatic rings. The van der Waals surface area contributed by atoms with Crippen molar-refractivity contribution in [3.8, 4) is 0 Å². The van der Waals surface area contributed by atoms with E-state index in [1.54, 1.807) is 13.0 Å². The van der Waals surface area contributed by atoms with Gasteiger partial charge in [0, 0.05) is 25.3 Å². The largest absolute Gasteiger partial charge is 0.376 e. The summed E-state index contributed by atoms with van der Waals surface area (Å²) in [6, 6.07) is 1.80. The monoisotopic (exact) mass is 335 g/mol. The summed E-state index contributed by atoms with van der Waals surface area (Å²) in [4.78, 5) is 16.9. The first-order valence-corrected chi connectivity index (χ1v) is 8.72. The lowest BCUT2D eigenvalue weighted by molar-refractivity contribution is -0.385. The van der Waals surface area contributed by atoms with Gasteiger partial charge in [-0.3, -0.25) is 10.1 Å². The van der Waals surface area contributed by atoms with Crippen LogP contribution in [0.2, 0.25) is 0 Å². The second-order valence-electron chi connectivity index (χ2n) is 6.59. The molecule has 3 rings (SSSR count). The molecule has 0 saturated carbocycles. The van der Waals surface area contributed by atoms with Crippen molar-refractivity contribution in [2.24, 2.45) is 0 Å². The molecule has 7 heteroatoms. The van der Waals surface area contributed by atoms with Gasteiger partial charge in [0.1, 0.15) is 12.0 Å². The van der Waals surface area contributed by atoms with Gasteiger partial charge in [0.25, 0.3) is 5.69 Å². The zero-order valence-electron chi connectivity index (χ0n) is 14.1. The van der Waals surface area contributed by atoms with Crippen LogP contribution in [-0.2, 0) is 9.47 Å². The summed E-state index contributed by atoms with van der Waals surface area (Å²) in [7, 11) is 0. The highest BCUT2D eigenvalue weighted by molar-refractivity contribution is 5.48. The first-order chi connectivity index (χ1) is 11.6. The Morgan fingerprint density at radius 2 is 2.17 bits per heavy atom. The van der Waals surface area contributed by atoms with Gasteiger partial charge in [-0.05, 0) is 45.1 Å². The van der Waals surface area contributed by atoms with Crippen molar-refractivity contribution in [1.82, 2.24) is 4.98 Å². The molecule has 0 N–H and O–H groups in total. The van der Waals surface area contributed by atoms with Crippen LogP contribution in [0.3, 0.4) is 0 Å². The molecule has 7 nitrogen and oxygen atoms in total. The molecule has 132 valence electrons. The average Bonchev–Trinajstić information content (AvgIpc) is 2.61. The minimum Gasteiger partial charge on any atom is -0.376 e. The number of ether oxygens (including phenoxy) is 2. The fourth-order valence-corrected chi connectivity index (χ4v) is 3.33. The molecule has 0 radical (unpaired) electrons. The van der Waals surface area contributed by atoms with Crippen molar-refractivity contribution in [1.29, 1.82) is 0 Å². The van der Waals surface area contributed by atoms with E-state index in [0.717, 1.165) is 51.2 Å². The van der Waals surface area contributed by atoms with Crippen molar-refractivity contribution in [2.75, 3.05) is 31.2 Å². The molecule has 3 heterocycles. The standard InChI is InChI=1S/C17H25N3O4/c1-13-10-17(18-11-16(13)20(21)22)19-7-5-14(6-8-19)24-12-15-4-2-3-9-23-15/h10-11,14-15H,2-9,12H2,1H3. The Bertz CT molecular complexity index is 567. The molecule has 0 amide bonds. The third kappa shape index (κ3) is 4.21. The summed E-state index contributed by atoms with van der Waals surface area (Å²) in [6.07, 6.45) is 7.28. The van der Waals surface area contributed by atoms with Gasteiger partial charge in [0.2, 0.25) is 0 Å². The van der Waals surface area contributed by atoms with Gasteiger partial charge in [-0.1, -0.05) is 0 Å².